The molecular weight excluding hydrogens is 536 g/mol. The molecule has 0 aliphatic carbocycles. The zero-order valence-corrected chi connectivity index (χ0v) is 23.3. The Bertz CT molecular complexity index is 1330. The third kappa shape index (κ3) is 6.73. The Hall–Kier alpha value is -3.84. The quantitative estimate of drug-likeness (QED) is 0.213. The molecule has 3 heterocycles. The number of nitrogens with zero attached hydrogens (tertiary/aromatic N) is 4. The van der Waals surface area contributed by atoms with E-state index >= 15 is 0 Å². The molecule has 1 fully saturated rings. The van der Waals surface area contributed by atoms with Crippen molar-refractivity contribution >= 4 is 17.3 Å². The van der Waals surface area contributed by atoms with Gasteiger partial charge in [0.2, 0.25) is 5.60 Å². The van der Waals surface area contributed by atoms with Crippen LogP contribution in [0.25, 0.3) is 5.52 Å². The van der Waals surface area contributed by atoms with Crippen molar-refractivity contribution in [2.45, 2.75) is 57.5 Å². The van der Waals surface area contributed by atoms with Crippen LogP contribution in [0.15, 0.2) is 48.8 Å². The number of nitrogens with one attached hydrogen (secondary N) is 1. The van der Waals surface area contributed by atoms with Crippen LogP contribution in [0.1, 0.15) is 32.6 Å². The first-order chi connectivity index (χ1) is 19.9. The number of hydrogen-bond donors (Lipinski definition) is 2. The summed E-state index contributed by atoms with van der Waals surface area (Å²) in [6.45, 7) is 4.16. The van der Waals surface area contributed by atoms with Crippen molar-refractivity contribution < 1.29 is 38.0 Å². The standard InChI is InChI=1S/C27H34N6O8/c1-5-36-24(34)17(3)32-25(39-18-10-8-7-9-11-18)38-15-27(14-28,35-4)22-21(40-26(41-22)37-6-2)19-12-13-20-23(29)30-16-31-33(19)20/h7-13,16-17,21-22,25-26,32H,5-6,15H2,1-4H3,(H2,29,30,31)/t17-,21-,22-,25+,26?,27?/m0/s1. The average molecular weight is 571 g/mol. The van der Waals surface area contributed by atoms with Crippen LogP contribution < -0.4 is 15.8 Å². The summed E-state index contributed by atoms with van der Waals surface area (Å²) >= 11 is 0. The number of nitrogens with two attached hydrogens (primary N) is 1. The number of carbonyl (C=O) groups excluding carboxylic acids is 1. The summed E-state index contributed by atoms with van der Waals surface area (Å²) in [5, 5.41) is 17.7. The molecule has 1 aromatic carbocycles. The van der Waals surface area contributed by atoms with Gasteiger partial charge in [0.05, 0.1) is 18.9 Å². The SMILES string of the molecule is CCOC(=O)[C@H](C)N[C@H](OCC(C#N)(OC)[C@H]1OC(OCC)O[C@H]1c1ccc2c(N)ncnn12)Oc1ccccc1. The van der Waals surface area contributed by atoms with E-state index in [1.54, 1.807) is 61.7 Å². The smallest absolute Gasteiger partial charge is 0.323 e. The molecule has 0 spiro atoms. The van der Waals surface area contributed by atoms with Crippen LogP contribution in [0.5, 0.6) is 5.75 Å². The van der Waals surface area contributed by atoms with E-state index in [1.807, 2.05) is 6.07 Å². The lowest BCUT2D eigenvalue weighted by Crippen LogP contribution is -2.53. The number of nitriles is 1. The Morgan fingerprint density at radius 1 is 1.22 bits per heavy atom. The molecule has 1 aliphatic heterocycles. The van der Waals surface area contributed by atoms with Gasteiger partial charge < -0.3 is 38.9 Å². The van der Waals surface area contributed by atoms with Gasteiger partial charge in [-0.2, -0.15) is 10.4 Å². The fourth-order valence-electron chi connectivity index (χ4n) is 4.27. The summed E-state index contributed by atoms with van der Waals surface area (Å²) in [6.07, 6.45) is -1.80. The van der Waals surface area contributed by atoms with Crippen molar-refractivity contribution in [2.24, 2.45) is 0 Å². The van der Waals surface area contributed by atoms with Crippen LogP contribution in [-0.4, -0.2) is 78.1 Å². The topological polar surface area (TPSA) is 174 Å². The molecule has 0 radical (unpaired) electrons. The highest BCUT2D eigenvalue weighted by atomic mass is 16.9. The number of carbonyl (C=O) groups is 1. The number of esters is 1. The van der Waals surface area contributed by atoms with Crippen LogP contribution in [-0.2, 0) is 33.2 Å². The van der Waals surface area contributed by atoms with Crippen molar-refractivity contribution in [3.05, 3.63) is 54.5 Å². The average Bonchev–Trinajstić information content (AvgIpc) is 3.60. The van der Waals surface area contributed by atoms with Gasteiger partial charge in [-0.15, -0.1) is 0 Å². The summed E-state index contributed by atoms with van der Waals surface area (Å²) in [4.78, 5) is 16.3. The van der Waals surface area contributed by atoms with Crippen molar-refractivity contribution in [1.29, 1.82) is 5.26 Å². The van der Waals surface area contributed by atoms with E-state index in [0.29, 0.717) is 23.6 Å². The van der Waals surface area contributed by atoms with E-state index in [2.05, 4.69) is 21.5 Å². The molecule has 4 rings (SSSR count). The van der Waals surface area contributed by atoms with Gasteiger partial charge in [-0.05, 0) is 45.0 Å². The number of fused-ring (bicyclic) bond motifs is 1. The van der Waals surface area contributed by atoms with Gasteiger partial charge in [0.25, 0.3) is 12.9 Å². The second-order valence-electron chi connectivity index (χ2n) is 8.98. The second kappa shape index (κ2) is 13.7. The molecule has 1 aliphatic rings. The molecule has 41 heavy (non-hydrogen) atoms. The minimum Gasteiger partial charge on any atom is -0.465 e. The van der Waals surface area contributed by atoms with E-state index < -0.39 is 42.7 Å². The molecule has 1 saturated heterocycles. The fraction of sp³-hybridized carbons (Fsp3) is 0.481. The molecule has 3 aromatic rings. The number of rotatable bonds is 14. The number of aromatic nitrogens is 3. The molecule has 14 heteroatoms. The maximum absolute atomic E-state index is 12.3. The maximum Gasteiger partial charge on any atom is 0.323 e. The number of hydrogen-bond acceptors (Lipinski definition) is 13. The van der Waals surface area contributed by atoms with Crippen LogP contribution in [0.4, 0.5) is 5.82 Å². The highest BCUT2D eigenvalue weighted by molar-refractivity contribution is 5.75. The normalized spacial score (nSPS) is 21.6. The van der Waals surface area contributed by atoms with Gasteiger partial charge in [0.15, 0.2) is 5.82 Å². The summed E-state index contributed by atoms with van der Waals surface area (Å²) in [6, 6.07) is 13.7. The molecule has 0 saturated carbocycles. The Morgan fingerprint density at radius 2 is 2.00 bits per heavy atom. The zero-order valence-electron chi connectivity index (χ0n) is 23.3. The fourth-order valence-corrected chi connectivity index (χ4v) is 4.27. The first-order valence-corrected chi connectivity index (χ1v) is 13.1. The molecule has 0 amide bonds. The summed E-state index contributed by atoms with van der Waals surface area (Å²) < 4.78 is 42.2. The number of benzene rings is 1. The molecular formula is C27H34N6O8. The first-order valence-electron chi connectivity index (χ1n) is 13.1. The monoisotopic (exact) mass is 570 g/mol. The van der Waals surface area contributed by atoms with Gasteiger partial charge in [-0.25, -0.2) is 14.8 Å². The van der Waals surface area contributed by atoms with Crippen molar-refractivity contribution in [3.63, 3.8) is 0 Å². The highest BCUT2D eigenvalue weighted by Gasteiger charge is 2.54. The minimum absolute atomic E-state index is 0.212. The van der Waals surface area contributed by atoms with E-state index in [1.165, 1.54) is 13.4 Å². The van der Waals surface area contributed by atoms with Crippen LogP contribution in [0.3, 0.4) is 0 Å². The van der Waals surface area contributed by atoms with E-state index in [0.717, 1.165) is 0 Å². The van der Waals surface area contributed by atoms with Crippen LogP contribution in [0.2, 0.25) is 0 Å². The van der Waals surface area contributed by atoms with Crippen molar-refractivity contribution in [1.82, 2.24) is 19.9 Å². The van der Waals surface area contributed by atoms with Gasteiger partial charge in [-0.3, -0.25) is 4.79 Å². The molecule has 220 valence electrons. The molecule has 2 unspecified atom stereocenters. The summed E-state index contributed by atoms with van der Waals surface area (Å²) in [5.41, 5.74) is 5.37. The maximum atomic E-state index is 12.3. The zero-order chi connectivity index (χ0) is 29.4. The third-order valence-electron chi connectivity index (χ3n) is 6.37. The lowest BCUT2D eigenvalue weighted by Gasteiger charge is -2.34. The number of ether oxygens (including phenoxy) is 7. The Kier molecular flexibility index (Phi) is 10.1. The van der Waals surface area contributed by atoms with Crippen molar-refractivity contribution in [2.75, 3.05) is 32.7 Å². The van der Waals surface area contributed by atoms with Crippen LogP contribution >= 0.6 is 0 Å². The van der Waals surface area contributed by atoms with E-state index in [9.17, 15) is 10.1 Å². The van der Waals surface area contributed by atoms with Crippen LogP contribution in [0, 0.1) is 11.3 Å². The minimum atomic E-state index is -1.73. The Labute approximate surface area is 237 Å². The first kappa shape index (κ1) is 30.1. The Balaban J connectivity index is 1.62. The summed E-state index contributed by atoms with van der Waals surface area (Å²) in [7, 11) is 1.36. The highest BCUT2D eigenvalue weighted by Crippen LogP contribution is 2.40. The Morgan fingerprint density at radius 3 is 2.68 bits per heavy atom. The van der Waals surface area contributed by atoms with E-state index in [-0.39, 0.29) is 19.0 Å². The number of para-hydroxylation sites is 1. The number of nitrogen functional groups attached to an aromatic ring is 1. The second-order valence-corrected chi connectivity index (χ2v) is 8.98. The molecule has 6 atom stereocenters. The predicted molar refractivity (Wildman–Crippen MR) is 143 cm³/mol. The molecule has 0 bridgehead atoms. The lowest BCUT2D eigenvalue weighted by atomic mass is 9.93. The molecule has 2 aromatic heterocycles. The number of methoxy groups -OCH3 is 1. The number of anilines is 1. The van der Waals surface area contributed by atoms with E-state index in [4.69, 9.17) is 38.9 Å². The molecule has 3 N–H and O–H groups in total. The van der Waals surface area contributed by atoms with Gasteiger partial charge >= 0.3 is 5.97 Å². The largest absolute Gasteiger partial charge is 0.465 e. The van der Waals surface area contributed by atoms with Gasteiger partial charge in [-0.1, -0.05) is 18.2 Å². The van der Waals surface area contributed by atoms with Gasteiger partial charge in [0.1, 0.15) is 41.9 Å². The van der Waals surface area contributed by atoms with Gasteiger partial charge in [0, 0.05) is 13.7 Å². The predicted octanol–water partition coefficient (Wildman–Crippen LogP) is 1.92. The third-order valence-corrected chi connectivity index (χ3v) is 6.37. The van der Waals surface area contributed by atoms with Crippen molar-refractivity contribution in [3.8, 4) is 11.8 Å². The lowest BCUT2D eigenvalue weighted by molar-refractivity contribution is -0.253. The summed E-state index contributed by atoms with van der Waals surface area (Å²) in [5.74, 6) is 0.240. The molecule has 14 nitrogen and oxygen atoms in total.